The van der Waals surface area contributed by atoms with Gasteiger partial charge in [0.25, 0.3) is 5.91 Å². The number of carbonyl (C=O) groups is 1. The van der Waals surface area contributed by atoms with Crippen molar-refractivity contribution in [3.63, 3.8) is 0 Å². The third-order valence-electron chi connectivity index (χ3n) is 3.87. The topological polar surface area (TPSA) is 57.6 Å². The number of amides is 1. The Hall–Kier alpha value is -3.47. The van der Waals surface area contributed by atoms with Crippen LogP contribution < -0.4 is 10.3 Å². The van der Waals surface area contributed by atoms with Gasteiger partial charge < -0.3 is 4.90 Å². The van der Waals surface area contributed by atoms with Gasteiger partial charge in [0.2, 0.25) is 0 Å². The molecule has 26 heavy (non-hydrogen) atoms. The first-order valence-electron chi connectivity index (χ1n) is 8.27. The average molecular weight is 344 g/mol. The SMILES string of the molecule is CN(C)c1ccc(C(=O)N/N=C(/c2ccccc2)c2ccccn2)cc1. The molecule has 0 aliphatic carbocycles. The Morgan fingerprint density at radius 1 is 0.885 bits per heavy atom. The number of hydrazone groups is 1. The highest BCUT2D eigenvalue weighted by Gasteiger charge is 2.10. The normalized spacial score (nSPS) is 11.1. The van der Waals surface area contributed by atoms with Crippen LogP contribution >= 0.6 is 0 Å². The zero-order valence-corrected chi connectivity index (χ0v) is 14.8. The summed E-state index contributed by atoms with van der Waals surface area (Å²) in [5.41, 5.74) is 6.42. The van der Waals surface area contributed by atoms with Crippen LogP contribution in [0.15, 0.2) is 84.1 Å². The molecule has 0 bridgehead atoms. The average Bonchev–Trinajstić information content (AvgIpc) is 2.69. The van der Waals surface area contributed by atoms with Gasteiger partial charge in [0, 0.05) is 37.1 Å². The molecule has 2 aromatic carbocycles. The lowest BCUT2D eigenvalue weighted by atomic mass is 10.1. The van der Waals surface area contributed by atoms with Crippen LogP contribution in [0, 0.1) is 0 Å². The van der Waals surface area contributed by atoms with Crippen LogP contribution in [0.1, 0.15) is 21.6 Å². The van der Waals surface area contributed by atoms with Crippen molar-refractivity contribution in [2.45, 2.75) is 0 Å². The maximum Gasteiger partial charge on any atom is 0.271 e. The zero-order chi connectivity index (χ0) is 18.4. The van der Waals surface area contributed by atoms with Gasteiger partial charge in [-0.15, -0.1) is 0 Å². The summed E-state index contributed by atoms with van der Waals surface area (Å²) in [5.74, 6) is -0.264. The van der Waals surface area contributed by atoms with E-state index in [1.807, 2.05) is 79.7 Å². The van der Waals surface area contributed by atoms with Gasteiger partial charge in [-0.1, -0.05) is 36.4 Å². The number of benzene rings is 2. The minimum absolute atomic E-state index is 0.264. The second-order valence-corrected chi connectivity index (χ2v) is 5.92. The van der Waals surface area contributed by atoms with E-state index in [2.05, 4.69) is 15.5 Å². The summed E-state index contributed by atoms with van der Waals surface area (Å²) < 4.78 is 0. The molecule has 1 aromatic heterocycles. The molecular formula is C21H20N4O. The number of carbonyl (C=O) groups excluding carboxylic acids is 1. The van der Waals surface area contributed by atoms with Crippen LogP contribution in [0.4, 0.5) is 5.69 Å². The first-order valence-corrected chi connectivity index (χ1v) is 8.27. The molecule has 3 aromatic rings. The van der Waals surface area contributed by atoms with Gasteiger partial charge >= 0.3 is 0 Å². The van der Waals surface area contributed by atoms with Crippen molar-refractivity contribution in [2.75, 3.05) is 19.0 Å². The summed E-state index contributed by atoms with van der Waals surface area (Å²) in [6, 6.07) is 22.6. The number of rotatable bonds is 5. The van der Waals surface area contributed by atoms with E-state index in [0.717, 1.165) is 11.3 Å². The standard InChI is InChI=1S/C21H20N4O/c1-25(2)18-13-11-17(12-14-18)21(26)24-23-20(16-8-4-3-5-9-16)19-10-6-7-15-22-19/h3-15H,1-2H3,(H,24,26)/b23-20-. The maximum atomic E-state index is 12.4. The summed E-state index contributed by atoms with van der Waals surface area (Å²) >= 11 is 0. The van der Waals surface area contributed by atoms with E-state index < -0.39 is 0 Å². The first kappa shape index (κ1) is 17.4. The lowest BCUT2D eigenvalue weighted by molar-refractivity contribution is 0.0955. The fraction of sp³-hybridized carbons (Fsp3) is 0.0952. The van der Waals surface area contributed by atoms with Gasteiger partial charge in [0.1, 0.15) is 5.71 Å². The highest BCUT2D eigenvalue weighted by Crippen LogP contribution is 2.12. The number of hydrogen-bond donors (Lipinski definition) is 1. The predicted molar refractivity (Wildman–Crippen MR) is 105 cm³/mol. The van der Waals surface area contributed by atoms with Gasteiger partial charge in [-0.05, 0) is 36.4 Å². The highest BCUT2D eigenvalue weighted by atomic mass is 16.2. The van der Waals surface area contributed by atoms with Gasteiger partial charge in [0.05, 0.1) is 5.69 Å². The molecular weight excluding hydrogens is 324 g/mol. The molecule has 0 radical (unpaired) electrons. The van der Waals surface area contributed by atoms with E-state index in [1.165, 1.54) is 0 Å². The smallest absolute Gasteiger partial charge is 0.271 e. The Labute approximate surface area is 153 Å². The molecule has 0 spiro atoms. The van der Waals surface area contributed by atoms with Crippen LogP contribution in [0.5, 0.6) is 0 Å². The number of nitrogens with one attached hydrogen (secondary N) is 1. The van der Waals surface area contributed by atoms with Crippen LogP contribution in [0.3, 0.4) is 0 Å². The molecule has 0 unspecified atom stereocenters. The minimum Gasteiger partial charge on any atom is -0.378 e. The molecule has 0 aliphatic rings. The fourth-order valence-corrected chi connectivity index (χ4v) is 2.45. The third kappa shape index (κ3) is 4.13. The Kier molecular flexibility index (Phi) is 5.39. The van der Waals surface area contributed by atoms with Crippen molar-refractivity contribution in [1.29, 1.82) is 0 Å². The van der Waals surface area contributed by atoms with E-state index in [1.54, 1.807) is 18.3 Å². The maximum absolute atomic E-state index is 12.4. The molecule has 130 valence electrons. The molecule has 0 saturated carbocycles. The second-order valence-electron chi connectivity index (χ2n) is 5.92. The highest BCUT2D eigenvalue weighted by molar-refractivity contribution is 6.12. The molecule has 1 amide bonds. The lowest BCUT2D eigenvalue weighted by Crippen LogP contribution is -2.21. The summed E-state index contributed by atoms with van der Waals surface area (Å²) in [6.07, 6.45) is 1.70. The number of aromatic nitrogens is 1. The van der Waals surface area contributed by atoms with Crippen LogP contribution in [-0.2, 0) is 0 Å². The fourth-order valence-electron chi connectivity index (χ4n) is 2.45. The van der Waals surface area contributed by atoms with Crippen molar-refractivity contribution < 1.29 is 4.79 Å². The van der Waals surface area contributed by atoms with Crippen molar-refractivity contribution in [2.24, 2.45) is 5.10 Å². The van der Waals surface area contributed by atoms with Gasteiger partial charge in [-0.25, -0.2) is 5.43 Å². The van der Waals surface area contributed by atoms with Crippen molar-refractivity contribution >= 4 is 17.3 Å². The molecule has 1 heterocycles. The lowest BCUT2D eigenvalue weighted by Gasteiger charge is -2.12. The molecule has 0 aliphatic heterocycles. The van der Waals surface area contributed by atoms with E-state index in [0.29, 0.717) is 17.0 Å². The Balaban J connectivity index is 1.85. The molecule has 1 N–H and O–H groups in total. The Morgan fingerprint density at radius 3 is 2.19 bits per heavy atom. The van der Waals surface area contributed by atoms with Crippen LogP contribution in [0.25, 0.3) is 0 Å². The van der Waals surface area contributed by atoms with E-state index >= 15 is 0 Å². The van der Waals surface area contributed by atoms with Crippen molar-refractivity contribution in [3.05, 3.63) is 95.8 Å². The molecule has 0 saturated heterocycles. The number of pyridine rings is 1. The summed E-state index contributed by atoms with van der Waals surface area (Å²) in [7, 11) is 3.91. The summed E-state index contributed by atoms with van der Waals surface area (Å²) in [4.78, 5) is 18.8. The first-order chi connectivity index (χ1) is 12.6. The molecule has 5 heteroatoms. The van der Waals surface area contributed by atoms with E-state index in [9.17, 15) is 4.79 Å². The second kappa shape index (κ2) is 8.07. The van der Waals surface area contributed by atoms with Crippen LogP contribution in [-0.4, -0.2) is 30.7 Å². The van der Waals surface area contributed by atoms with Crippen molar-refractivity contribution in [1.82, 2.24) is 10.4 Å². The van der Waals surface area contributed by atoms with Crippen molar-refractivity contribution in [3.8, 4) is 0 Å². The zero-order valence-electron chi connectivity index (χ0n) is 14.8. The molecule has 3 rings (SSSR count). The third-order valence-corrected chi connectivity index (χ3v) is 3.87. The van der Waals surface area contributed by atoms with E-state index in [-0.39, 0.29) is 5.91 Å². The van der Waals surface area contributed by atoms with Gasteiger partial charge in [0.15, 0.2) is 0 Å². The molecule has 5 nitrogen and oxygen atoms in total. The number of hydrogen-bond acceptors (Lipinski definition) is 4. The summed E-state index contributed by atoms with van der Waals surface area (Å²) in [6.45, 7) is 0. The Bertz CT molecular complexity index is 847. The number of nitrogens with zero attached hydrogens (tertiary/aromatic N) is 3. The number of anilines is 1. The predicted octanol–water partition coefficient (Wildman–Crippen LogP) is 3.33. The largest absolute Gasteiger partial charge is 0.378 e. The quantitative estimate of drug-likeness (QED) is 0.570. The molecule has 0 fully saturated rings. The van der Waals surface area contributed by atoms with Gasteiger partial charge in [-0.3, -0.25) is 9.78 Å². The minimum atomic E-state index is -0.264. The summed E-state index contributed by atoms with van der Waals surface area (Å²) in [5, 5.41) is 4.34. The monoisotopic (exact) mass is 344 g/mol. The van der Waals surface area contributed by atoms with Gasteiger partial charge in [-0.2, -0.15) is 5.10 Å². The Morgan fingerprint density at radius 2 is 1.58 bits per heavy atom. The molecule has 0 atom stereocenters. The van der Waals surface area contributed by atoms with Crippen LogP contribution in [0.2, 0.25) is 0 Å². The van der Waals surface area contributed by atoms with E-state index in [4.69, 9.17) is 0 Å².